The highest BCUT2D eigenvalue weighted by atomic mass is 32.2. The fraction of sp³-hybridized carbons (Fsp3) is 0.136. The number of non-ortho nitro benzene ring substituents is 1. The lowest BCUT2D eigenvalue weighted by Gasteiger charge is -2.12. The summed E-state index contributed by atoms with van der Waals surface area (Å²) in [4.78, 5) is 12.0. The summed E-state index contributed by atoms with van der Waals surface area (Å²) in [5.41, 5.74) is 0.894. The van der Waals surface area contributed by atoms with Crippen molar-refractivity contribution in [2.24, 2.45) is 5.10 Å². The minimum absolute atomic E-state index is 0.0466. The molecule has 1 N–H and O–H groups in total. The SMILES string of the molecule is CCOc1cc(/C=N\NS(=O)(=O)c2ccc(C)cc2)ccc1OS(=O)(=O)c1cccc([N+](=O)[O-])c1. The number of aryl methyl sites for hydroxylation is 1. The fourth-order valence-electron chi connectivity index (χ4n) is 2.80. The topological polar surface area (TPSA) is 154 Å². The third-order valence-electron chi connectivity index (χ3n) is 4.50. The second kappa shape index (κ2) is 10.5. The highest BCUT2D eigenvalue weighted by Gasteiger charge is 2.22. The summed E-state index contributed by atoms with van der Waals surface area (Å²) < 4.78 is 60.6. The van der Waals surface area contributed by atoms with E-state index in [0.29, 0.717) is 5.56 Å². The normalized spacial score (nSPS) is 11.8. The number of ether oxygens (including phenoxy) is 1. The van der Waals surface area contributed by atoms with Gasteiger partial charge in [0, 0.05) is 12.1 Å². The Labute approximate surface area is 202 Å². The molecule has 0 aromatic heterocycles. The van der Waals surface area contributed by atoms with Crippen molar-refractivity contribution < 1.29 is 30.7 Å². The molecular formula is C22H21N3O8S2. The van der Waals surface area contributed by atoms with E-state index in [1.165, 1.54) is 48.7 Å². The van der Waals surface area contributed by atoms with Crippen molar-refractivity contribution >= 4 is 32.0 Å². The molecule has 0 saturated heterocycles. The predicted octanol–water partition coefficient (Wildman–Crippen LogP) is 3.38. The molecule has 0 spiro atoms. The van der Waals surface area contributed by atoms with E-state index in [4.69, 9.17) is 8.92 Å². The molecule has 35 heavy (non-hydrogen) atoms. The van der Waals surface area contributed by atoms with Crippen molar-refractivity contribution in [3.63, 3.8) is 0 Å². The summed E-state index contributed by atoms with van der Waals surface area (Å²) in [6.07, 6.45) is 1.22. The van der Waals surface area contributed by atoms with Gasteiger partial charge >= 0.3 is 10.1 Å². The summed E-state index contributed by atoms with van der Waals surface area (Å²) in [6, 6.07) is 14.8. The van der Waals surface area contributed by atoms with Crippen LogP contribution < -0.4 is 13.8 Å². The van der Waals surface area contributed by atoms with E-state index in [1.807, 2.05) is 6.92 Å². The molecule has 3 rings (SSSR count). The average molecular weight is 520 g/mol. The number of nitrogens with zero attached hydrogens (tertiary/aromatic N) is 2. The Hall–Kier alpha value is -3.97. The maximum atomic E-state index is 12.7. The number of sulfonamides is 1. The Balaban J connectivity index is 1.81. The molecule has 0 bridgehead atoms. The van der Waals surface area contributed by atoms with E-state index in [1.54, 1.807) is 19.1 Å². The van der Waals surface area contributed by atoms with Crippen molar-refractivity contribution in [1.82, 2.24) is 4.83 Å². The molecule has 3 aromatic carbocycles. The van der Waals surface area contributed by atoms with Gasteiger partial charge in [-0.2, -0.15) is 21.9 Å². The number of hydrazone groups is 1. The first-order valence-corrected chi connectivity index (χ1v) is 13.0. The highest BCUT2D eigenvalue weighted by molar-refractivity contribution is 7.89. The van der Waals surface area contributed by atoms with Crippen LogP contribution in [0, 0.1) is 17.0 Å². The number of hydrogen-bond acceptors (Lipinski definition) is 9. The van der Waals surface area contributed by atoms with Crippen LogP contribution in [0.3, 0.4) is 0 Å². The van der Waals surface area contributed by atoms with Gasteiger partial charge in [-0.25, -0.2) is 4.83 Å². The molecule has 184 valence electrons. The zero-order valence-corrected chi connectivity index (χ0v) is 20.2. The van der Waals surface area contributed by atoms with Crippen molar-refractivity contribution in [3.05, 3.63) is 88.0 Å². The van der Waals surface area contributed by atoms with Gasteiger partial charge in [-0.1, -0.05) is 23.8 Å². The van der Waals surface area contributed by atoms with Crippen LogP contribution in [0.25, 0.3) is 0 Å². The monoisotopic (exact) mass is 519 g/mol. The van der Waals surface area contributed by atoms with E-state index in [0.717, 1.165) is 17.7 Å². The van der Waals surface area contributed by atoms with Crippen LogP contribution in [0.4, 0.5) is 5.69 Å². The van der Waals surface area contributed by atoms with Gasteiger partial charge in [-0.3, -0.25) is 10.1 Å². The summed E-state index contributed by atoms with van der Waals surface area (Å²) in [5, 5.41) is 14.7. The standard InChI is InChI=1S/C22H21N3O8S2/c1-3-32-22-13-17(15-23-24-34(28,29)19-10-7-16(2)8-11-19)9-12-21(22)33-35(30,31)20-6-4-5-18(14-20)25(26)27/h4-15,24H,3H2,1-2H3/b23-15-. The van der Waals surface area contributed by atoms with E-state index in [-0.39, 0.29) is 23.0 Å². The molecule has 3 aromatic rings. The largest absolute Gasteiger partial charge is 0.490 e. The molecule has 0 aliphatic rings. The third-order valence-corrected chi connectivity index (χ3v) is 6.97. The number of rotatable bonds is 10. The molecule has 0 amide bonds. The van der Waals surface area contributed by atoms with Crippen molar-refractivity contribution in [2.75, 3.05) is 6.61 Å². The van der Waals surface area contributed by atoms with Crippen LogP contribution in [0.5, 0.6) is 11.5 Å². The number of nitro benzene ring substituents is 1. The van der Waals surface area contributed by atoms with Crippen molar-refractivity contribution in [3.8, 4) is 11.5 Å². The van der Waals surface area contributed by atoms with Gasteiger partial charge in [0.05, 0.1) is 22.6 Å². The zero-order chi connectivity index (χ0) is 25.6. The minimum Gasteiger partial charge on any atom is -0.490 e. The zero-order valence-electron chi connectivity index (χ0n) is 18.6. The Kier molecular flexibility index (Phi) is 7.71. The smallest absolute Gasteiger partial charge is 0.339 e. The Morgan fingerprint density at radius 3 is 2.34 bits per heavy atom. The van der Waals surface area contributed by atoms with E-state index < -0.39 is 35.6 Å². The first-order valence-electron chi connectivity index (χ1n) is 10.1. The van der Waals surface area contributed by atoms with Crippen LogP contribution in [-0.2, 0) is 20.1 Å². The fourth-order valence-corrected chi connectivity index (χ4v) is 4.57. The lowest BCUT2D eigenvalue weighted by Crippen LogP contribution is -2.18. The van der Waals surface area contributed by atoms with E-state index in [9.17, 15) is 26.9 Å². The summed E-state index contributed by atoms with van der Waals surface area (Å²) in [7, 11) is -8.27. The lowest BCUT2D eigenvalue weighted by molar-refractivity contribution is -0.385. The minimum atomic E-state index is -4.40. The number of nitro groups is 1. The summed E-state index contributed by atoms with van der Waals surface area (Å²) in [5.74, 6) is -0.109. The Morgan fingerprint density at radius 2 is 1.69 bits per heavy atom. The second-order valence-electron chi connectivity index (χ2n) is 7.10. The maximum Gasteiger partial charge on any atom is 0.339 e. The predicted molar refractivity (Wildman–Crippen MR) is 128 cm³/mol. The average Bonchev–Trinajstić information content (AvgIpc) is 2.81. The summed E-state index contributed by atoms with van der Waals surface area (Å²) in [6.45, 7) is 3.68. The lowest BCUT2D eigenvalue weighted by atomic mass is 10.2. The van der Waals surface area contributed by atoms with Crippen LogP contribution in [-0.4, -0.2) is 34.6 Å². The van der Waals surface area contributed by atoms with Gasteiger partial charge < -0.3 is 8.92 Å². The number of nitrogens with one attached hydrogen (secondary N) is 1. The van der Waals surface area contributed by atoms with Crippen LogP contribution in [0.1, 0.15) is 18.1 Å². The maximum absolute atomic E-state index is 12.7. The first-order chi connectivity index (χ1) is 16.5. The van der Waals surface area contributed by atoms with Crippen molar-refractivity contribution in [1.29, 1.82) is 0 Å². The van der Waals surface area contributed by atoms with Crippen LogP contribution >= 0.6 is 0 Å². The molecule has 0 heterocycles. The molecule has 0 atom stereocenters. The Bertz CT molecular complexity index is 1470. The molecular weight excluding hydrogens is 498 g/mol. The first kappa shape index (κ1) is 25.6. The quantitative estimate of drug-likeness (QED) is 0.185. The molecule has 0 unspecified atom stereocenters. The molecule has 11 nitrogen and oxygen atoms in total. The van der Waals surface area contributed by atoms with Crippen LogP contribution in [0.2, 0.25) is 0 Å². The third kappa shape index (κ3) is 6.55. The second-order valence-corrected chi connectivity index (χ2v) is 10.3. The van der Waals surface area contributed by atoms with Gasteiger partial charge in [0.1, 0.15) is 4.90 Å². The van der Waals surface area contributed by atoms with E-state index in [2.05, 4.69) is 9.93 Å². The number of benzene rings is 3. The van der Waals surface area contributed by atoms with Gasteiger partial charge in [0.25, 0.3) is 15.7 Å². The van der Waals surface area contributed by atoms with Gasteiger partial charge in [-0.15, -0.1) is 0 Å². The van der Waals surface area contributed by atoms with E-state index >= 15 is 0 Å². The van der Waals surface area contributed by atoms with Gasteiger partial charge in [-0.05, 0) is 55.8 Å². The molecule has 13 heteroatoms. The molecule has 0 aliphatic heterocycles. The van der Waals surface area contributed by atoms with Gasteiger partial charge in [0.2, 0.25) is 0 Å². The Morgan fingerprint density at radius 1 is 0.971 bits per heavy atom. The van der Waals surface area contributed by atoms with Crippen molar-refractivity contribution in [2.45, 2.75) is 23.6 Å². The molecule has 0 saturated carbocycles. The van der Waals surface area contributed by atoms with Crippen LogP contribution in [0.15, 0.2) is 81.6 Å². The molecule has 0 fully saturated rings. The highest BCUT2D eigenvalue weighted by Crippen LogP contribution is 2.31. The molecule has 0 radical (unpaired) electrons. The number of hydrogen-bond donors (Lipinski definition) is 1. The molecule has 0 aliphatic carbocycles. The van der Waals surface area contributed by atoms with Gasteiger partial charge in [0.15, 0.2) is 11.5 Å². The summed E-state index contributed by atoms with van der Waals surface area (Å²) >= 11 is 0.